The molecule has 0 saturated heterocycles. The summed E-state index contributed by atoms with van der Waals surface area (Å²) >= 11 is 5.03. The van der Waals surface area contributed by atoms with Crippen LogP contribution in [0.25, 0.3) is 0 Å². The topological polar surface area (TPSA) is 63.8 Å². The third kappa shape index (κ3) is 3.83. The zero-order valence-corrected chi connectivity index (χ0v) is 14.9. The van der Waals surface area contributed by atoms with E-state index in [0.29, 0.717) is 11.5 Å². The Morgan fingerprint density at radius 3 is 2.52 bits per heavy atom. The number of anilines is 3. The van der Waals surface area contributed by atoms with Gasteiger partial charge in [0.2, 0.25) is 0 Å². The lowest BCUT2D eigenvalue weighted by molar-refractivity contribution is 1.06. The fraction of sp³-hybridized carbons (Fsp3) is 0.0588. The van der Waals surface area contributed by atoms with Crippen molar-refractivity contribution in [3.63, 3.8) is 0 Å². The first-order valence-corrected chi connectivity index (χ1v) is 8.61. The van der Waals surface area contributed by atoms with Crippen molar-refractivity contribution in [3.05, 3.63) is 64.9 Å². The van der Waals surface area contributed by atoms with Gasteiger partial charge in [-0.25, -0.2) is 9.97 Å². The monoisotopic (exact) mass is 386 g/mol. The number of nitrogens with zero attached hydrogens (tertiary/aromatic N) is 2. The first kappa shape index (κ1) is 15.8. The second-order valence-corrected chi connectivity index (χ2v) is 6.88. The molecule has 3 N–H and O–H groups in total. The van der Waals surface area contributed by atoms with Crippen LogP contribution in [0.2, 0.25) is 0 Å². The van der Waals surface area contributed by atoms with Crippen molar-refractivity contribution in [3.8, 4) is 0 Å². The Morgan fingerprint density at radius 2 is 1.78 bits per heavy atom. The van der Waals surface area contributed by atoms with Gasteiger partial charge in [0.1, 0.15) is 17.0 Å². The van der Waals surface area contributed by atoms with E-state index < -0.39 is 0 Å². The van der Waals surface area contributed by atoms with Crippen molar-refractivity contribution in [2.45, 2.75) is 16.8 Å². The van der Waals surface area contributed by atoms with E-state index in [1.54, 1.807) is 0 Å². The quantitative estimate of drug-likeness (QED) is 0.615. The van der Waals surface area contributed by atoms with Crippen LogP contribution in [0, 0.1) is 6.92 Å². The predicted octanol–water partition coefficient (Wildman–Crippen LogP) is 5.02. The number of halogens is 1. The van der Waals surface area contributed by atoms with Crippen LogP contribution in [0.4, 0.5) is 17.2 Å². The zero-order valence-electron chi connectivity index (χ0n) is 12.5. The van der Waals surface area contributed by atoms with Gasteiger partial charge < -0.3 is 11.1 Å². The molecule has 23 heavy (non-hydrogen) atoms. The van der Waals surface area contributed by atoms with Crippen LogP contribution >= 0.6 is 27.7 Å². The molecule has 0 aliphatic carbocycles. The van der Waals surface area contributed by atoms with Crippen molar-refractivity contribution in [1.29, 1.82) is 0 Å². The van der Waals surface area contributed by atoms with E-state index in [1.165, 1.54) is 23.7 Å². The van der Waals surface area contributed by atoms with Crippen molar-refractivity contribution in [2.24, 2.45) is 0 Å². The summed E-state index contributed by atoms with van der Waals surface area (Å²) in [6.07, 6.45) is 1.52. The first-order valence-electron chi connectivity index (χ1n) is 7.00. The number of nitrogen functional groups attached to an aromatic ring is 1. The summed E-state index contributed by atoms with van der Waals surface area (Å²) in [6.45, 7) is 2.06. The van der Waals surface area contributed by atoms with Crippen molar-refractivity contribution < 1.29 is 0 Å². The zero-order chi connectivity index (χ0) is 16.2. The molecule has 0 atom stereocenters. The molecule has 2 aromatic carbocycles. The summed E-state index contributed by atoms with van der Waals surface area (Å²) in [4.78, 5) is 9.64. The van der Waals surface area contributed by atoms with Gasteiger partial charge in [-0.15, -0.1) is 0 Å². The van der Waals surface area contributed by atoms with Gasteiger partial charge in [0, 0.05) is 9.37 Å². The number of benzene rings is 2. The number of hydrogen-bond acceptors (Lipinski definition) is 5. The number of rotatable bonds is 4. The average Bonchev–Trinajstić information content (AvgIpc) is 2.55. The van der Waals surface area contributed by atoms with E-state index in [9.17, 15) is 0 Å². The fourth-order valence-corrected chi connectivity index (χ4v) is 3.15. The van der Waals surface area contributed by atoms with Crippen LogP contribution in [0.5, 0.6) is 0 Å². The lowest BCUT2D eigenvalue weighted by atomic mass is 10.2. The largest absolute Gasteiger partial charge is 0.394 e. The van der Waals surface area contributed by atoms with E-state index in [-0.39, 0.29) is 0 Å². The Bertz CT molecular complexity index is 821. The van der Waals surface area contributed by atoms with Gasteiger partial charge in [-0.3, -0.25) is 0 Å². The highest BCUT2D eigenvalue weighted by Crippen LogP contribution is 2.35. The molecule has 0 fully saturated rings. The lowest BCUT2D eigenvalue weighted by Gasteiger charge is -2.12. The molecule has 0 spiro atoms. The lowest BCUT2D eigenvalue weighted by Crippen LogP contribution is -2.02. The minimum Gasteiger partial charge on any atom is -0.394 e. The van der Waals surface area contributed by atoms with Gasteiger partial charge in [-0.05, 0) is 47.1 Å². The summed E-state index contributed by atoms with van der Waals surface area (Å²) in [5.41, 5.74) is 8.90. The predicted molar refractivity (Wildman–Crippen MR) is 99.2 cm³/mol. The Morgan fingerprint density at radius 1 is 1.04 bits per heavy atom. The fourth-order valence-electron chi connectivity index (χ4n) is 1.97. The van der Waals surface area contributed by atoms with Crippen molar-refractivity contribution >= 4 is 44.9 Å². The Hall–Kier alpha value is -2.05. The van der Waals surface area contributed by atoms with Crippen LogP contribution in [0.15, 0.2) is 69.3 Å². The van der Waals surface area contributed by atoms with Gasteiger partial charge in [0.25, 0.3) is 0 Å². The molecule has 3 rings (SSSR count). The van der Waals surface area contributed by atoms with Crippen molar-refractivity contribution in [2.75, 3.05) is 11.1 Å². The SMILES string of the molecule is Cc1ccc(Sc2ncnc(Nc3ccccc3Br)c2N)cc1. The minimum absolute atomic E-state index is 0.536. The standard InChI is InChI=1S/C17H15BrN4S/c1-11-6-8-12(9-7-11)23-17-15(19)16(20-10-21-17)22-14-5-3-2-4-13(14)18/h2-10H,19H2,1H3,(H,20,21,22). The molecule has 1 heterocycles. The average molecular weight is 387 g/mol. The summed E-state index contributed by atoms with van der Waals surface area (Å²) in [5, 5.41) is 3.97. The van der Waals surface area contributed by atoms with Gasteiger partial charge in [-0.2, -0.15) is 0 Å². The smallest absolute Gasteiger partial charge is 0.158 e. The molecule has 0 bridgehead atoms. The van der Waals surface area contributed by atoms with Crippen LogP contribution in [-0.2, 0) is 0 Å². The Kier molecular flexibility index (Phi) is 4.83. The molecule has 3 aromatic rings. The third-order valence-electron chi connectivity index (χ3n) is 3.21. The number of nitrogens with one attached hydrogen (secondary N) is 1. The molecule has 1 aromatic heterocycles. The van der Waals surface area contributed by atoms with Crippen LogP contribution in [0.3, 0.4) is 0 Å². The Balaban J connectivity index is 1.86. The molecule has 6 heteroatoms. The van der Waals surface area contributed by atoms with E-state index in [1.807, 2.05) is 24.3 Å². The van der Waals surface area contributed by atoms with Crippen molar-refractivity contribution in [1.82, 2.24) is 9.97 Å². The summed E-state index contributed by atoms with van der Waals surface area (Å²) in [6, 6.07) is 16.1. The normalized spacial score (nSPS) is 10.5. The molecule has 4 nitrogen and oxygen atoms in total. The van der Waals surface area contributed by atoms with Gasteiger partial charge in [0.15, 0.2) is 5.82 Å². The molecule has 0 aliphatic rings. The minimum atomic E-state index is 0.536. The highest BCUT2D eigenvalue weighted by Gasteiger charge is 2.11. The Labute approximate surface area is 147 Å². The summed E-state index contributed by atoms with van der Waals surface area (Å²) in [7, 11) is 0. The number of aryl methyl sites for hydroxylation is 1. The number of para-hydroxylation sites is 1. The molecule has 0 radical (unpaired) electrons. The maximum absolute atomic E-state index is 6.24. The first-order chi connectivity index (χ1) is 11.1. The highest BCUT2D eigenvalue weighted by atomic mass is 79.9. The maximum Gasteiger partial charge on any atom is 0.158 e. The molecule has 0 amide bonds. The van der Waals surface area contributed by atoms with E-state index in [2.05, 4.69) is 62.4 Å². The van der Waals surface area contributed by atoms with Crippen LogP contribution in [-0.4, -0.2) is 9.97 Å². The highest BCUT2D eigenvalue weighted by molar-refractivity contribution is 9.10. The number of aromatic nitrogens is 2. The van der Waals surface area contributed by atoms with Gasteiger partial charge >= 0.3 is 0 Å². The molecule has 0 aliphatic heterocycles. The second kappa shape index (κ2) is 7.02. The van der Waals surface area contributed by atoms with E-state index in [0.717, 1.165) is 20.1 Å². The van der Waals surface area contributed by atoms with Gasteiger partial charge in [0.05, 0.1) is 5.69 Å². The molecule has 116 valence electrons. The number of hydrogen-bond donors (Lipinski definition) is 2. The maximum atomic E-state index is 6.24. The van der Waals surface area contributed by atoms with E-state index >= 15 is 0 Å². The molecular formula is C17H15BrN4S. The molecule has 0 saturated carbocycles. The third-order valence-corrected chi connectivity index (χ3v) is 4.93. The molecular weight excluding hydrogens is 372 g/mol. The van der Waals surface area contributed by atoms with E-state index in [4.69, 9.17) is 5.73 Å². The second-order valence-electron chi connectivity index (χ2n) is 4.96. The summed E-state index contributed by atoms with van der Waals surface area (Å²) in [5.74, 6) is 0.599. The summed E-state index contributed by atoms with van der Waals surface area (Å²) < 4.78 is 0.950. The van der Waals surface area contributed by atoms with Crippen LogP contribution < -0.4 is 11.1 Å². The van der Waals surface area contributed by atoms with Crippen LogP contribution in [0.1, 0.15) is 5.56 Å². The van der Waals surface area contributed by atoms with Gasteiger partial charge in [-0.1, -0.05) is 41.6 Å². The number of nitrogens with two attached hydrogens (primary N) is 1. The molecule has 0 unspecified atom stereocenters.